The van der Waals surface area contributed by atoms with Crippen molar-refractivity contribution in [3.63, 3.8) is 0 Å². The van der Waals surface area contributed by atoms with Crippen LogP contribution in [0, 0.1) is 17.1 Å². The molecule has 0 radical (unpaired) electrons. The molecule has 0 aliphatic rings. The Labute approximate surface area is 119 Å². The fraction of sp³-hybridized carbons (Fsp3) is 0.500. The van der Waals surface area contributed by atoms with Crippen LogP contribution in [0.25, 0.3) is 0 Å². The van der Waals surface area contributed by atoms with Gasteiger partial charge in [-0.05, 0) is 23.6 Å². The second-order valence-corrected chi connectivity index (χ2v) is 5.55. The van der Waals surface area contributed by atoms with Crippen LogP contribution in [0.1, 0.15) is 25.8 Å². The highest BCUT2D eigenvalue weighted by molar-refractivity contribution is 6.31. The average molecular weight is 286 g/mol. The highest BCUT2D eigenvalue weighted by Gasteiger charge is 2.11. The van der Waals surface area contributed by atoms with Gasteiger partial charge in [-0.25, -0.2) is 4.39 Å². The first-order valence-electron chi connectivity index (χ1n) is 6.37. The third-order valence-corrected chi connectivity index (χ3v) is 3.08. The van der Waals surface area contributed by atoms with Crippen LogP contribution < -0.4 is 5.73 Å². The summed E-state index contributed by atoms with van der Waals surface area (Å²) in [6, 6.07) is 4.45. The van der Waals surface area contributed by atoms with E-state index in [0.717, 1.165) is 12.1 Å². The number of hydrogen-bond acceptors (Lipinski definition) is 2. The molecule has 0 heterocycles. The van der Waals surface area contributed by atoms with Gasteiger partial charge in [-0.15, -0.1) is 0 Å². The van der Waals surface area contributed by atoms with E-state index in [4.69, 9.17) is 22.7 Å². The lowest BCUT2D eigenvalue weighted by Gasteiger charge is -2.24. The zero-order valence-electron chi connectivity index (χ0n) is 11.4. The van der Waals surface area contributed by atoms with E-state index in [2.05, 4.69) is 18.7 Å². The molecule has 0 aliphatic heterocycles. The van der Waals surface area contributed by atoms with E-state index < -0.39 is 0 Å². The summed E-state index contributed by atoms with van der Waals surface area (Å²) in [5.41, 5.74) is 6.29. The van der Waals surface area contributed by atoms with Crippen LogP contribution in [0.5, 0.6) is 0 Å². The minimum atomic E-state index is -0.326. The number of halogens is 2. The number of nitrogens with two attached hydrogens (primary N) is 1. The third kappa shape index (κ3) is 6.03. The Bertz CT molecular complexity index is 435. The summed E-state index contributed by atoms with van der Waals surface area (Å²) in [5, 5.41) is 7.74. The van der Waals surface area contributed by atoms with E-state index >= 15 is 0 Å². The molecule has 0 saturated heterocycles. The first-order valence-corrected chi connectivity index (χ1v) is 6.75. The van der Waals surface area contributed by atoms with Crippen molar-refractivity contribution < 1.29 is 4.39 Å². The second-order valence-electron chi connectivity index (χ2n) is 5.14. The van der Waals surface area contributed by atoms with Gasteiger partial charge in [0.15, 0.2) is 0 Å². The van der Waals surface area contributed by atoms with Gasteiger partial charge in [0.05, 0.1) is 5.84 Å². The molecule has 1 rings (SSSR count). The monoisotopic (exact) mass is 285 g/mol. The number of benzene rings is 1. The molecule has 0 unspecified atom stereocenters. The van der Waals surface area contributed by atoms with Gasteiger partial charge in [0.2, 0.25) is 0 Å². The van der Waals surface area contributed by atoms with Gasteiger partial charge in [-0.2, -0.15) is 0 Å². The minimum absolute atomic E-state index is 0.180. The Balaban J connectivity index is 2.72. The summed E-state index contributed by atoms with van der Waals surface area (Å²) >= 11 is 6.04. The summed E-state index contributed by atoms with van der Waals surface area (Å²) in [7, 11) is 0. The lowest BCUT2D eigenvalue weighted by molar-refractivity contribution is 0.242. The number of rotatable bonds is 7. The molecular weight excluding hydrogens is 265 g/mol. The van der Waals surface area contributed by atoms with Crippen molar-refractivity contribution in [3.05, 3.63) is 34.6 Å². The van der Waals surface area contributed by atoms with E-state index in [1.54, 1.807) is 6.07 Å². The number of amidine groups is 1. The fourth-order valence-corrected chi connectivity index (χ4v) is 2.15. The molecule has 0 atom stereocenters. The van der Waals surface area contributed by atoms with Gasteiger partial charge in [0, 0.05) is 31.1 Å². The molecule has 1 aromatic carbocycles. The Hall–Kier alpha value is -1.13. The number of nitrogens with zero attached hydrogens (tertiary/aromatic N) is 1. The first kappa shape index (κ1) is 15.9. The predicted molar refractivity (Wildman–Crippen MR) is 78.1 cm³/mol. The van der Waals surface area contributed by atoms with Crippen molar-refractivity contribution >= 4 is 17.4 Å². The first-order chi connectivity index (χ1) is 8.88. The molecule has 1 aromatic rings. The van der Waals surface area contributed by atoms with E-state index in [9.17, 15) is 4.39 Å². The van der Waals surface area contributed by atoms with E-state index in [-0.39, 0.29) is 11.7 Å². The molecule has 19 heavy (non-hydrogen) atoms. The molecule has 0 aromatic heterocycles. The lowest BCUT2D eigenvalue weighted by Crippen LogP contribution is -2.31. The number of hydrogen-bond donors (Lipinski definition) is 2. The van der Waals surface area contributed by atoms with Crippen LogP contribution in [-0.2, 0) is 6.54 Å². The SMILES string of the molecule is CC(C)CN(CCC(=N)N)Cc1ccc(F)cc1Cl. The van der Waals surface area contributed by atoms with Gasteiger partial charge < -0.3 is 5.73 Å². The molecule has 0 bridgehead atoms. The van der Waals surface area contributed by atoms with Crippen LogP contribution in [0.4, 0.5) is 4.39 Å². The molecule has 3 nitrogen and oxygen atoms in total. The van der Waals surface area contributed by atoms with Crippen molar-refractivity contribution in [2.24, 2.45) is 11.7 Å². The highest BCUT2D eigenvalue weighted by Crippen LogP contribution is 2.19. The van der Waals surface area contributed by atoms with Crippen molar-refractivity contribution in [2.75, 3.05) is 13.1 Å². The molecule has 106 valence electrons. The molecule has 0 spiro atoms. The predicted octanol–water partition coefficient (Wildman–Crippen LogP) is 3.26. The van der Waals surface area contributed by atoms with Gasteiger partial charge in [0.25, 0.3) is 0 Å². The highest BCUT2D eigenvalue weighted by atomic mass is 35.5. The van der Waals surface area contributed by atoms with Crippen LogP contribution in [0.15, 0.2) is 18.2 Å². The third-order valence-electron chi connectivity index (χ3n) is 2.73. The topological polar surface area (TPSA) is 53.1 Å². The van der Waals surface area contributed by atoms with Gasteiger partial charge in [0.1, 0.15) is 5.82 Å². The molecule has 5 heteroatoms. The maximum atomic E-state index is 13.0. The quantitative estimate of drug-likeness (QED) is 0.597. The Morgan fingerprint density at radius 3 is 2.68 bits per heavy atom. The van der Waals surface area contributed by atoms with Crippen LogP contribution in [0.3, 0.4) is 0 Å². The second kappa shape index (κ2) is 7.46. The maximum absolute atomic E-state index is 13.0. The zero-order chi connectivity index (χ0) is 14.4. The van der Waals surface area contributed by atoms with Crippen LogP contribution in [-0.4, -0.2) is 23.8 Å². The average Bonchev–Trinajstić information content (AvgIpc) is 2.28. The van der Waals surface area contributed by atoms with E-state index in [1.807, 2.05) is 0 Å². The van der Waals surface area contributed by atoms with Crippen molar-refractivity contribution in [2.45, 2.75) is 26.8 Å². The lowest BCUT2D eigenvalue weighted by atomic mass is 10.1. The smallest absolute Gasteiger partial charge is 0.124 e. The van der Waals surface area contributed by atoms with Crippen LogP contribution in [0.2, 0.25) is 5.02 Å². The molecule has 0 saturated carbocycles. The fourth-order valence-electron chi connectivity index (χ4n) is 1.92. The van der Waals surface area contributed by atoms with Crippen molar-refractivity contribution in [1.29, 1.82) is 5.41 Å². The Morgan fingerprint density at radius 1 is 1.47 bits per heavy atom. The van der Waals surface area contributed by atoms with E-state index in [0.29, 0.717) is 30.5 Å². The maximum Gasteiger partial charge on any atom is 0.124 e. The standard InChI is InChI=1S/C14H21ClFN3/c1-10(2)8-19(6-5-14(17)18)9-11-3-4-12(16)7-13(11)15/h3-4,7,10H,5-6,8-9H2,1-2H3,(H3,17,18). The van der Waals surface area contributed by atoms with Crippen LogP contribution >= 0.6 is 11.6 Å². The summed E-state index contributed by atoms with van der Waals surface area (Å²) in [6.45, 7) is 6.51. The normalized spacial score (nSPS) is 11.3. The molecule has 3 N–H and O–H groups in total. The summed E-state index contributed by atoms with van der Waals surface area (Å²) in [6.07, 6.45) is 0.533. The largest absolute Gasteiger partial charge is 0.388 e. The Morgan fingerprint density at radius 2 is 2.16 bits per heavy atom. The summed E-state index contributed by atoms with van der Waals surface area (Å²) in [4.78, 5) is 2.19. The van der Waals surface area contributed by atoms with Gasteiger partial charge in [-0.3, -0.25) is 10.3 Å². The Kier molecular flexibility index (Phi) is 6.25. The number of nitrogens with one attached hydrogen (secondary N) is 1. The molecule has 0 aliphatic carbocycles. The molecule has 0 fully saturated rings. The van der Waals surface area contributed by atoms with E-state index in [1.165, 1.54) is 12.1 Å². The van der Waals surface area contributed by atoms with Gasteiger partial charge >= 0.3 is 0 Å². The minimum Gasteiger partial charge on any atom is -0.388 e. The zero-order valence-corrected chi connectivity index (χ0v) is 12.2. The van der Waals surface area contributed by atoms with Gasteiger partial charge in [-0.1, -0.05) is 31.5 Å². The summed E-state index contributed by atoms with van der Waals surface area (Å²) < 4.78 is 13.0. The molecule has 0 amide bonds. The van der Waals surface area contributed by atoms with Crippen molar-refractivity contribution in [3.8, 4) is 0 Å². The molecular formula is C14H21ClFN3. The van der Waals surface area contributed by atoms with Crippen molar-refractivity contribution in [1.82, 2.24) is 4.90 Å². The summed E-state index contributed by atoms with van der Waals surface area (Å²) in [5.74, 6) is 0.359.